The second-order valence-electron chi connectivity index (χ2n) is 4.89. The summed E-state index contributed by atoms with van der Waals surface area (Å²) < 4.78 is 0. The third-order valence-electron chi connectivity index (χ3n) is 3.53. The van der Waals surface area contributed by atoms with E-state index in [9.17, 15) is 4.79 Å². The van der Waals surface area contributed by atoms with Gasteiger partial charge in [0.15, 0.2) is 5.78 Å². The number of carbonyl (C=O) groups is 1. The zero-order valence-electron chi connectivity index (χ0n) is 11.4. The van der Waals surface area contributed by atoms with Gasteiger partial charge in [0.05, 0.1) is 5.02 Å². The number of benzene rings is 3. The summed E-state index contributed by atoms with van der Waals surface area (Å²) in [5.74, 6) is -0.0347. The first-order valence-electron chi connectivity index (χ1n) is 6.56. The van der Waals surface area contributed by atoms with Crippen molar-refractivity contribution in [2.24, 2.45) is 0 Å². The first-order chi connectivity index (χ1) is 10.1. The third-order valence-corrected chi connectivity index (χ3v) is 4.17. The van der Waals surface area contributed by atoms with Gasteiger partial charge in [-0.25, -0.2) is 0 Å². The maximum atomic E-state index is 11.5. The minimum Gasteiger partial charge on any atom is -0.294 e. The standard InChI is InChI=1S/C18H12Cl2O/c1-11(21)13-7-6-12(10-18(13)20)14-8-9-17(19)16-5-3-2-4-15(14)16/h2-10H,1H3. The molecule has 3 heteroatoms. The van der Waals surface area contributed by atoms with E-state index in [1.165, 1.54) is 6.92 Å². The SMILES string of the molecule is CC(=O)c1ccc(-c2ccc(Cl)c3ccccc23)cc1Cl. The molecule has 0 aliphatic carbocycles. The molecule has 0 fully saturated rings. The van der Waals surface area contributed by atoms with Crippen molar-refractivity contribution in [2.45, 2.75) is 6.92 Å². The van der Waals surface area contributed by atoms with Crippen LogP contribution in [0.4, 0.5) is 0 Å². The van der Waals surface area contributed by atoms with Crippen molar-refractivity contribution < 1.29 is 4.79 Å². The largest absolute Gasteiger partial charge is 0.294 e. The van der Waals surface area contributed by atoms with Gasteiger partial charge in [0.2, 0.25) is 0 Å². The van der Waals surface area contributed by atoms with E-state index in [1.807, 2.05) is 48.5 Å². The number of carbonyl (C=O) groups excluding carboxylic acids is 1. The molecule has 104 valence electrons. The van der Waals surface area contributed by atoms with Gasteiger partial charge in [-0.15, -0.1) is 0 Å². The summed E-state index contributed by atoms with van der Waals surface area (Å²) in [5.41, 5.74) is 2.56. The molecular weight excluding hydrogens is 303 g/mol. The molecule has 0 saturated heterocycles. The van der Waals surface area contributed by atoms with Crippen molar-refractivity contribution in [2.75, 3.05) is 0 Å². The van der Waals surface area contributed by atoms with Crippen molar-refractivity contribution in [3.05, 3.63) is 70.2 Å². The molecule has 3 aromatic carbocycles. The minimum atomic E-state index is -0.0347. The molecule has 0 spiro atoms. The minimum absolute atomic E-state index is 0.0347. The average Bonchev–Trinajstić information content (AvgIpc) is 2.47. The Balaban J connectivity index is 2.24. The maximum Gasteiger partial charge on any atom is 0.161 e. The lowest BCUT2D eigenvalue weighted by molar-refractivity contribution is 0.101. The summed E-state index contributed by atoms with van der Waals surface area (Å²) in [6.45, 7) is 1.51. The Labute approximate surface area is 133 Å². The first kappa shape index (κ1) is 14.1. The normalized spacial score (nSPS) is 10.8. The van der Waals surface area contributed by atoms with Crippen LogP contribution in [-0.2, 0) is 0 Å². The highest BCUT2D eigenvalue weighted by atomic mass is 35.5. The van der Waals surface area contributed by atoms with Gasteiger partial charge < -0.3 is 0 Å². The lowest BCUT2D eigenvalue weighted by Crippen LogP contribution is -1.93. The van der Waals surface area contributed by atoms with Gasteiger partial charge in [0.1, 0.15) is 0 Å². The molecule has 0 atom stereocenters. The molecule has 21 heavy (non-hydrogen) atoms. The Bertz CT molecular complexity index is 853. The highest BCUT2D eigenvalue weighted by molar-refractivity contribution is 6.36. The van der Waals surface area contributed by atoms with E-state index in [1.54, 1.807) is 6.07 Å². The van der Waals surface area contributed by atoms with Gasteiger partial charge in [-0.2, -0.15) is 0 Å². The van der Waals surface area contributed by atoms with E-state index < -0.39 is 0 Å². The van der Waals surface area contributed by atoms with Crippen molar-refractivity contribution in [3.8, 4) is 11.1 Å². The highest BCUT2D eigenvalue weighted by Gasteiger charge is 2.10. The molecule has 0 radical (unpaired) electrons. The van der Waals surface area contributed by atoms with Crippen LogP contribution in [0.1, 0.15) is 17.3 Å². The van der Waals surface area contributed by atoms with Gasteiger partial charge in [-0.05, 0) is 41.6 Å². The maximum absolute atomic E-state index is 11.5. The molecule has 0 aromatic heterocycles. The topological polar surface area (TPSA) is 17.1 Å². The van der Waals surface area contributed by atoms with E-state index in [-0.39, 0.29) is 5.78 Å². The van der Waals surface area contributed by atoms with Crippen LogP contribution in [0.3, 0.4) is 0 Å². The lowest BCUT2D eigenvalue weighted by atomic mass is 9.97. The number of fused-ring (bicyclic) bond motifs is 1. The number of halogens is 2. The van der Waals surface area contributed by atoms with Gasteiger partial charge in [-0.3, -0.25) is 4.79 Å². The molecule has 1 nitrogen and oxygen atoms in total. The molecule has 3 aromatic rings. The Hall–Kier alpha value is -1.83. The molecular formula is C18H12Cl2O. The first-order valence-corrected chi connectivity index (χ1v) is 7.31. The van der Waals surface area contributed by atoms with Gasteiger partial charge >= 0.3 is 0 Å². The van der Waals surface area contributed by atoms with Crippen molar-refractivity contribution in [3.63, 3.8) is 0 Å². The number of hydrogen-bond acceptors (Lipinski definition) is 1. The lowest BCUT2D eigenvalue weighted by Gasteiger charge is -2.10. The van der Waals surface area contributed by atoms with Crippen LogP contribution >= 0.6 is 23.2 Å². The quantitative estimate of drug-likeness (QED) is 0.529. The van der Waals surface area contributed by atoms with E-state index in [2.05, 4.69) is 0 Å². The molecule has 0 saturated carbocycles. The number of hydrogen-bond donors (Lipinski definition) is 0. The molecule has 0 N–H and O–H groups in total. The molecule has 0 heterocycles. The summed E-state index contributed by atoms with van der Waals surface area (Å²) in [6.07, 6.45) is 0. The summed E-state index contributed by atoms with van der Waals surface area (Å²) in [7, 11) is 0. The third kappa shape index (κ3) is 2.55. The summed E-state index contributed by atoms with van der Waals surface area (Å²) >= 11 is 12.5. The number of rotatable bonds is 2. The van der Waals surface area contributed by atoms with E-state index >= 15 is 0 Å². The fraction of sp³-hybridized carbons (Fsp3) is 0.0556. The summed E-state index contributed by atoms with van der Waals surface area (Å²) in [5, 5.41) is 3.26. The Kier molecular flexibility index (Phi) is 3.71. The average molecular weight is 315 g/mol. The predicted octanol–water partition coefficient (Wildman–Crippen LogP) is 6.02. The van der Waals surface area contributed by atoms with Crippen LogP contribution in [0.25, 0.3) is 21.9 Å². The Morgan fingerprint density at radius 1 is 0.857 bits per heavy atom. The zero-order valence-corrected chi connectivity index (χ0v) is 12.9. The molecule has 3 rings (SSSR count). The van der Waals surface area contributed by atoms with Gasteiger partial charge in [-0.1, -0.05) is 59.6 Å². The van der Waals surface area contributed by atoms with E-state index in [0.717, 1.165) is 26.9 Å². The van der Waals surface area contributed by atoms with Crippen LogP contribution in [-0.4, -0.2) is 5.78 Å². The monoisotopic (exact) mass is 314 g/mol. The number of Topliss-reactive ketones (excluding diaryl/α,β-unsaturated/α-hetero) is 1. The molecule has 0 unspecified atom stereocenters. The van der Waals surface area contributed by atoms with Crippen LogP contribution < -0.4 is 0 Å². The van der Waals surface area contributed by atoms with Crippen LogP contribution in [0, 0.1) is 0 Å². The van der Waals surface area contributed by atoms with Gasteiger partial charge in [0, 0.05) is 16.0 Å². The molecule has 0 bridgehead atoms. The highest BCUT2D eigenvalue weighted by Crippen LogP contribution is 2.34. The predicted molar refractivity (Wildman–Crippen MR) is 89.4 cm³/mol. The molecule has 0 aliphatic rings. The van der Waals surface area contributed by atoms with E-state index in [4.69, 9.17) is 23.2 Å². The van der Waals surface area contributed by atoms with Crippen molar-refractivity contribution in [1.82, 2.24) is 0 Å². The van der Waals surface area contributed by atoms with Crippen molar-refractivity contribution in [1.29, 1.82) is 0 Å². The Morgan fingerprint density at radius 2 is 1.57 bits per heavy atom. The Morgan fingerprint density at radius 3 is 2.24 bits per heavy atom. The fourth-order valence-corrected chi connectivity index (χ4v) is 3.02. The molecule has 0 aliphatic heterocycles. The smallest absolute Gasteiger partial charge is 0.161 e. The number of ketones is 1. The summed E-state index contributed by atoms with van der Waals surface area (Å²) in [4.78, 5) is 11.5. The van der Waals surface area contributed by atoms with Crippen molar-refractivity contribution >= 4 is 39.8 Å². The van der Waals surface area contributed by atoms with E-state index in [0.29, 0.717) is 10.6 Å². The van der Waals surface area contributed by atoms with Gasteiger partial charge in [0.25, 0.3) is 0 Å². The van der Waals surface area contributed by atoms with Crippen LogP contribution in [0.5, 0.6) is 0 Å². The van der Waals surface area contributed by atoms with Crippen LogP contribution in [0.2, 0.25) is 10.0 Å². The van der Waals surface area contributed by atoms with Crippen LogP contribution in [0.15, 0.2) is 54.6 Å². The zero-order chi connectivity index (χ0) is 15.0. The fourth-order valence-electron chi connectivity index (χ4n) is 2.48. The second-order valence-corrected chi connectivity index (χ2v) is 5.71. The second kappa shape index (κ2) is 5.51. The molecule has 0 amide bonds. The summed E-state index contributed by atoms with van der Waals surface area (Å²) in [6, 6.07) is 17.3.